The lowest BCUT2D eigenvalue weighted by Gasteiger charge is -2.24. The van der Waals surface area contributed by atoms with E-state index < -0.39 is 16.0 Å². The number of anilines is 1. The molecular formula is C23H19Cl2NO4S. The normalized spacial score (nSPS) is 11.1. The van der Waals surface area contributed by atoms with E-state index in [4.69, 9.17) is 27.9 Å². The molecule has 0 saturated carbocycles. The lowest BCUT2D eigenvalue weighted by molar-refractivity contribution is 0.0734. The SMILES string of the molecule is C=CCN(c1ccccc1Cl)S(=O)(=O)c1cc(C(=O)Oc2cccc(C)c2)ccc1Cl. The lowest BCUT2D eigenvalue weighted by Crippen LogP contribution is -2.31. The summed E-state index contributed by atoms with van der Waals surface area (Å²) in [6.07, 6.45) is 1.44. The van der Waals surface area contributed by atoms with Crippen LogP contribution >= 0.6 is 23.2 Å². The Morgan fingerprint density at radius 2 is 1.77 bits per heavy atom. The molecule has 0 bridgehead atoms. The topological polar surface area (TPSA) is 63.7 Å². The van der Waals surface area contributed by atoms with Gasteiger partial charge in [-0.25, -0.2) is 13.2 Å². The van der Waals surface area contributed by atoms with E-state index in [1.807, 2.05) is 13.0 Å². The molecule has 0 unspecified atom stereocenters. The van der Waals surface area contributed by atoms with Crippen molar-refractivity contribution < 1.29 is 17.9 Å². The standard InChI is InChI=1S/C23H19Cl2NO4S/c1-3-13-26(21-10-5-4-9-19(21)24)31(28,29)22-15-17(11-12-20(22)25)23(27)30-18-8-6-7-16(2)14-18/h3-12,14-15H,1,13H2,2H3. The summed E-state index contributed by atoms with van der Waals surface area (Å²) < 4.78 is 33.4. The minimum absolute atomic E-state index is 0.0341. The quantitative estimate of drug-likeness (QED) is 0.242. The van der Waals surface area contributed by atoms with E-state index in [0.717, 1.165) is 9.87 Å². The second-order valence-corrected chi connectivity index (χ2v) is 9.27. The van der Waals surface area contributed by atoms with Crippen LogP contribution in [0.25, 0.3) is 0 Å². The highest BCUT2D eigenvalue weighted by atomic mass is 35.5. The largest absolute Gasteiger partial charge is 0.423 e. The molecule has 0 atom stereocenters. The summed E-state index contributed by atoms with van der Waals surface area (Å²) >= 11 is 12.4. The van der Waals surface area contributed by atoms with Gasteiger partial charge in [-0.05, 0) is 55.0 Å². The molecule has 0 N–H and O–H groups in total. The Labute approximate surface area is 191 Å². The molecule has 3 aromatic rings. The monoisotopic (exact) mass is 475 g/mol. The summed E-state index contributed by atoms with van der Waals surface area (Å²) in [6, 6.07) is 17.4. The van der Waals surface area contributed by atoms with E-state index in [2.05, 4.69) is 6.58 Å². The molecule has 0 saturated heterocycles. The molecule has 0 aromatic heterocycles. The highest BCUT2D eigenvalue weighted by Crippen LogP contribution is 2.33. The fourth-order valence-electron chi connectivity index (χ4n) is 2.89. The third-order valence-corrected chi connectivity index (χ3v) is 6.93. The second-order valence-electron chi connectivity index (χ2n) is 6.63. The molecule has 160 valence electrons. The maximum Gasteiger partial charge on any atom is 0.343 e. The fourth-order valence-corrected chi connectivity index (χ4v) is 5.13. The molecule has 0 aliphatic carbocycles. The smallest absolute Gasteiger partial charge is 0.343 e. The predicted octanol–water partition coefficient (Wildman–Crippen LogP) is 5.90. The maximum atomic E-state index is 13.5. The first-order valence-electron chi connectivity index (χ1n) is 9.20. The Balaban J connectivity index is 2.02. The maximum absolute atomic E-state index is 13.5. The van der Waals surface area contributed by atoms with Gasteiger partial charge in [-0.3, -0.25) is 4.31 Å². The van der Waals surface area contributed by atoms with Crippen LogP contribution in [0.5, 0.6) is 5.75 Å². The van der Waals surface area contributed by atoms with Crippen LogP contribution in [-0.2, 0) is 10.0 Å². The molecule has 5 nitrogen and oxygen atoms in total. The molecule has 0 heterocycles. The molecule has 0 radical (unpaired) electrons. The molecule has 0 spiro atoms. The highest BCUT2D eigenvalue weighted by molar-refractivity contribution is 7.93. The summed E-state index contributed by atoms with van der Waals surface area (Å²) in [5.41, 5.74) is 1.24. The second kappa shape index (κ2) is 9.56. The number of rotatable bonds is 7. The zero-order valence-corrected chi connectivity index (χ0v) is 18.9. The summed E-state index contributed by atoms with van der Waals surface area (Å²) in [5, 5.41) is 0.215. The number of hydrogen-bond acceptors (Lipinski definition) is 4. The van der Waals surface area contributed by atoms with Crippen LogP contribution in [-0.4, -0.2) is 20.9 Å². The first kappa shape index (κ1) is 22.9. The van der Waals surface area contributed by atoms with Crippen LogP contribution in [0.1, 0.15) is 15.9 Å². The van der Waals surface area contributed by atoms with Crippen LogP contribution in [0.4, 0.5) is 5.69 Å². The van der Waals surface area contributed by atoms with Crippen molar-refractivity contribution in [3.8, 4) is 5.75 Å². The van der Waals surface area contributed by atoms with Gasteiger partial charge in [0.15, 0.2) is 0 Å². The molecular weight excluding hydrogens is 457 g/mol. The number of hydrogen-bond donors (Lipinski definition) is 0. The van der Waals surface area contributed by atoms with Crippen molar-refractivity contribution in [1.82, 2.24) is 0 Å². The van der Waals surface area contributed by atoms with Crippen molar-refractivity contribution in [2.45, 2.75) is 11.8 Å². The van der Waals surface area contributed by atoms with E-state index >= 15 is 0 Å². The van der Waals surface area contributed by atoms with Crippen LogP contribution in [0.3, 0.4) is 0 Å². The minimum Gasteiger partial charge on any atom is -0.423 e. The minimum atomic E-state index is -4.17. The number of halogens is 2. The Kier molecular flexibility index (Phi) is 7.05. The van der Waals surface area contributed by atoms with Gasteiger partial charge < -0.3 is 4.74 Å². The number of aryl methyl sites for hydroxylation is 1. The van der Waals surface area contributed by atoms with Crippen molar-refractivity contribution >= 4 is 44.9 Å². The third kappa shape index (κ3) is 5.10. The number of carbonyl (C=O) groups excluding carboxylic acids is 1. The number of carbonyl (C=O) groups is 1. The van der Waals surface area contributed by atoms with Gasteiger partial charge in [-0.15, -0.1) is 6.58 Å². The van der Waals surface area contributed by atoms with Gasteiger partial charge in [0.2, 0.25) is 0 Å². The summed E-state index contributed by atoms with van der Waals surface area (Å²) in [6.45, 7) is 5.46. The predicted molar refractivity (Wildman–Crippen MR) is 124 cm³/mol. The number of esters is 1. The highest BCUT2D eigenvalue weighted by Gasteiger charge is 2.29. The number of sulfonamides is 1. The lowest BCUT2D eigenvalue weighted by atomic mass is 10.2. The Hall–Kier alpha value is -2.80. The van der Waals surface area contributed by atoms with Gasteiger partial charge in [-0.1, -0.05) is 53.5 Å². The average Bonchev–Trinajstić information content (AvgIpc) is 2.72. The van der Waals surface area contributed by atoms with Gasteiger partial charge in [0.05, 0.1) is 27.8 Å². The average molecular weight is 476 g/mol. The zero-order valence-electron chi connectivity index (χ0n) is 16.6. The van der Waals surface area contributed by atoms with Crippen molar-refractivity contribution in [3.63, 3.8) is 0 Å². The molecule has 0 aliphatic rings. The summed E-state index contributed by atoms with van der Waals surface area (Å²) in [4.78, 5) is 12.4. The fraction of sp³-hybridized carbons (Fsp3) is 0.0870. The molecule has 31 heavy (non-hydrogen) atoms. The third-order valence-electron chi connectivity index (χ3n) is 4.35. The molecule has 3 aromatic carbocycles. The Bertz CT molecular complexity index is 1240. The molecule has 3 rings (SSSR count). The first-order valence-corrected chi connectivity index (χ1v) is 11.4. The Morgan fingerprint density at radius 1 is 1.03 bits per heavy atom. The van der Waals surface area contributed by atoms with Crippen molar-refractivity contribution in [2.75, 3.05) is 10.8 Å². The zero-order chi connectivity index (χ0) is 22.6. The van der Waals surface area contributed by atoms with Gasteiger partial charge in [0, 0.05) is 0 Å². The van der Waals surface area contributed by atoms with Crippen LogP contribution < -0.4 is 9.04 Å². The van der Waals surface area contributed by atoms with E-state index in [1.54, 1.807) is 42.5 Å². The van der Waals surface area contributed by atoms with Crippen LogP contribution in [0.15, 0.2) is 84.3 Å². The van der Waals surface area contributed by atoms with E-state index in [1.165, 1.54) is 24.3 Å². The number of ether oxygens (including phenoxy) is 1. The summed E-state index contributed by atoms with van der Waals surface area (Å²) in [7, 11) is -4.17. The molecule has 0 amide bonds. The number of benzene rings is 3. The van der Waals surface area contributed by atoms with E-state index in [9.17, 15) is 13.2 Å². The number of para-hydroxylation sites is 1. The van der Waals surface area contributed by atoms with E-state index in [-0.39, 0.29) is 32.7 Å². The van der Waals surface area contributed by atoms with Gasteiger partial charge in [0.25, 0.3) is 10.0 Å². The van der Waals surface area contributed by atoms with Gasteiger partial charge in [-0.2, -0.15) is 0 Å². The van der Waals surface area contributed by atoms with Crippen molar-refractivity contribution in [3.05, 3.63) is 101 Å². The molecule has 0 fully saturated rings. The number of nitrogens with zero attached hydrogens (tertiary/aromatic N) is 1. The van der Waals surface area contributed by atoms with E-state index in [0.29, 0.717) is 5.75 Å². The van der Waals surface area contributed by atoms with Gasteiger partial charge in [0.1, 0.15) is 10.6 Å². The van der Waals surface area contributed by atoms with Crippen molar-refractivity contribution in [1.29, 1.82) is 0 Å². The first-order chi connectivity index (χ1) is 14.7. The molecule has 0 aliphatic heterocycles. The Morgan fingerprint density at radius 3 is 2.45 bits per heavy atom. The molecule has 8 heteroatoms. The van der Waals surface area contributed by atoms with Crippen molar-refractivity contribution in [2.24, 2.45) is 0 Å². The van der Waals surface area contributed by atoms with Crippen LogP contribution in [0, 0.1) is 6.92 Å². The van der Waals surface area contributed by atoms with Gasteiger partial charge >= 0.3 is 5.97 Å². The van der Waals surface area contributed by atoms with Crippen LogP contribution in [0.2, 0.25) is 10.0 Å². The summed E-state index contributed by atoms with van der Waals surface area (Å²) in [5.74, 6) is -0.347.